The highest BCUT2D eigenvalue weighted by atomic mass is 16.5. The van der Waals surface area contributed by atoms with Crippen LogP contribution in [0.25, 0.3) is 0 Å². The van der Waals surface area contributed by atoms with E-state index in [9.17, 15) is 4.79 Å². The Morgan fingerprint density at radius 1 is 1.56 bits per heavy atom. The van der Waals surface area contributed by atoms with Gasteiger partial charge in [0.2, 0.25) is 0 Å². The summed E-state index contributed by atoms with van der Waals surface area (Å²) in [6.45, 7) is 9.54. The third-order valence-corrected chi connectivity index (χ3v) is 3.41. The number of nitrogens with zero attached hydrogens (tertiary/aromatic N) is 1. The summed E-state index contributed by atoms with van der Waals surface area (Å²) in [7, 11) is 1.42. The molecule has 0 saturated carbocycles. The maximum atomic E-state index is 11.2. The normalized spacial score (nSPS) is 22.8. The van der Waals surface area contributed by atoms with Gasteiger partial charge in [0.05, 0.1) is 7.11 Å². The van der Waals surface area contributed by atoms with Gasteiger partial charge in [0.1, 0.15) is 0 Å². The van der Waals surface area contributed by atoms with Crippen molar-refractivity contribution in [3.63, 3.8) is 0 Å². The Morgan fingerprint density at radius 3 is 2.75 bits per heavy atom. The van der Waals surface area contributed by atoms with Crippen molar-refractivity contribution in [3.05, 3.63) is 11.6 Å². The molecule has 0 amide bonds. The van der Waals surface area contributed by atoms with Gasteiger partial charge >= 0.3 is 5.97 Å². The zero-order valence-electron chi connectivity index (χ0n) is 10.8. The molecule has 1 unspecified atom stereocenters. The van der Waals surface area contributed by atoms with Gasteiger partial charge in [-0.3, -0.25) is 4.90 Å². The molecule has 1 saturated heterocycles. The summed E-state index contributed by atoms with van der Waals surface area (Å²) in [5.41, 5.74) is 0.704. The summed E-state index contributed by atoms with van der Waals surface area (Å²) in [4.78, 5) is 13.6. The van der Waals surface area contributed by atoms with Crippen LogP contribution in [0.2, 0.25) is 0 Å². The van der Waals surface area contributed by atoms with Crippen molar-refractivity contribution in [2.24, 2.45) is 11.8 Å². The molecule has 1 fully saturated rings. The summed E-state index contributed by atoms with van der Waals surface area (Å²) >= 11 is 0. The quantitative estimate of drug-likeness (QED) is 0.542. The van der Waals surface area contributed by atoms with Crippen LogP contribution < -0.4 is 0 Å². The highest BCUT2D eigenvalue weighted by Crippen LogP contribution is 2.23. The van der Waals surface area contributed by atoms with Crippen LogP contribution in [0.15, 0.2) is 11.6 Å². The van der Waals surface area contributed by atoms with Gasteiger partial charge in [0.15, 0.2) is 0 Å². The number of likely N-dealkylation sites (tertiary alicyclic amines) is 1. The topological polar surface area (TPSA) is 29.5 Å². The molecule has 0 aliphatic carbocycles. The van der Waals surface area contributed by atoms with Crippen LogP contribution >= 0.6 is 0 Å². The fraction of sp³-hybridized carbons (Fsp3) is 0.769. The van der Waals surface area contributed by atoms with Crippen LogP contribution in [0.3, 0.4) is 0 Å². The Bertz CT molecular complexity index is 271. The largest absolute Gasteiger partial charge is 0.466 e. The van der Waals surface area contributed by atoms with Crippen molar-refractivity contribution < 1.29 is 9.53 Å². The minimum absolute atomic E-state index is 0.223. The molecule has 1 aliphatic heterocycles. The Balaban J connectivity index is 2.37. The Labute approximate surface area is 98.5 Å². The van der Waals surface area contributed by atoms with E-state index in [2.05, 4.69) is 23.5 Å². The average molecular weight is 225 g/mol. The molecular formula is C13H23NO2. The average Bonchev–Trinajstić information content (AvgIpc) is 2.73. The fourth-order valence-corrected chi connectivity index (χ4v) is 2.08. The molecule has 0 aromatic heterocycles. The third-order valence-electron chi connectivity index (χ3n) is 3.41. The molecule has 1 rings (SSSR count). The van der Waals surface area contributed by atoms with Gasteiger partial charge in [0, 0.05) is 18.7 Å². The van der Waals surface area contributed by atoms with E-state index in [1.54, 1.807) is 0 Å². The monoisotopic (exact) mass is 225 g/mol. The molecule has 1 aliphatic rings. The van der Waals surface area contributed by atoms with Gasteiger partial charge in [-0.2, -0.15) is 0 Å². The first-order chi connectivity index (χ1) is 7.54. The van der Waals surface area contributed by atoms with Crippen molar-refractivity contribution in [1.82, 2.24) is 4.90 Å². The van der Waals surface area contributed by atoms with E-state index in [0.29, 0.717) is 5.57 Å². The number of esters is 1. The summed E-state index contributed by atoms with van der Waals surface area (Å²) < 4.78 is 4.66. The highest BCUT2D eigenvalue weighted by molar-refractivity contribution is 5.87. The van der Waals surface area contributed by atoms with E-state index in [0.717, 1.165) is 31.5 Å². The maximum absolute atomic E-state index is 11.2. The van der Waals surface area contributed by atoms with E-state index < -0.39 is 0 Å². The molecular weight excluding hydrogens is 202 g/mol. The number of carbonyl (C=O) groups excluding carboxylic acids is 1. The van der Waals surface area contributed by atoms with Crippen LogP contribution in [0.4, 0.5) is 0 Å². The SMILES string of the molecule is COC(=O)C(C)=CCN1CCC(C(C)C)C1. The lowest BCUT2D eigenvalue weighted by Gasteiger charge is -2.16. The summed E-state index contributed by atoms with van der Waals surface area (Å²) in [5, 5.41) is 0. The molecule has 0 aromatic carbocycles. The predicted molar refractivity (Wildman–Crippen MR) is 65.2 cm³/mol. The van der Waals surface area contributed by atoms with E-state index in [-0.39, 0.29) is 5.97 Å². The number of ether oxygens (including phenoxy) is 1. The molecule has 0 bridgehead atoms. The third kappa shape index (κ3) is 3.63. The zero-order chi connectivity index (χ0) is 12.1. The van der Waals surface area contributed by atoms with Crippen molar-refractivity contribution in [1.29, 1.82) is 0 Å². The number of methoxy groups -OCH3 is 1. The van der Waals surface area contributed by atoms with Gasteiger partial charge in [-0.1, -0.05) is 19.9 Å². The molecule has 0 aromatic rings. The number of hydrogen-bond donors (Lipinski definition) is 0. The van der Waals surface area contributed by atoms with Crippen LogP contribution in [-0.2, 0) is 9.53 Å². The van der Waals surface area contributed by atoms with Gasteiger partial charge in [-0.05, 0) is 31.7 Å². The van der Waals surface area contributed by atoms with E-state index in [1.807, 2.05) is 13.0 Å². The lowest BCUT2D eigenvalue weighted by atomic mass is 9.95. The Hall–Kier alpha value is -0.830. The lowest BCUT2D eigenvalue weighted by molar-refractivity contribution is -0.136. The Morgan fingerprint density at radius 2 is 2.25 bits per heavy atom. The number of hydrogen-bond acceptors (Lipinski definition) is 3. The minimum Gasteiger partial charge on any atom is -0.466 e. The van der Waals surface area contributed by atoms with Crippen LogP contribution in [0.5, 0.6) is 0 Å². The van der Waals surface area contributed by atoms with Gasteiger partial charge in [-0.15, -0.1) is 0 Å². The summed E-state index contributed by atoms with van der Waals surface area (Å²) in [6, 6.07) is 0. The molecule has 1 heterocycles. The summed E-state index contributed by atoms with van der Waals surface area (Å²) in [6.07, 6.45) is 3.25. The van der Waals surface area contributed by atoms with Gasteiger partial charge < -0.3 is 4.74 Å². The number of carbonyl (C=O) groups is 1. The summed E-state index contributed by atoms with van der Waals surface area (Å²) in [5.74, 6) is 1.35. The molecule has 3 heteroatoms. The smallest absolute Gasteiger partial charge is 0.333 e. The predicted octanol–water partition coefficient (Wildman–Crippen LogP) is 2.08. The molecule has 16 heavy (non-hydrogen) atoms. The standard InChI is InChI=1S/C13H23NO2/c1-10(2)12-6-8-14(9-12)7-5-11(3)13(15)16-4/h5,10,12H,6-9H2,1-4H3. The first kappa shape index (κ1) is 13.2. The van der Waals surface area contributed by atoms with E-state index in [4.69, 9.17) is 0 Å². The fourth-order valence-electron chi connectivity index (χ4n) is 2.08. The molecule has 0 radical (unpaired) electrons. The van der Waals surface area contributed by atoms with E-state index in [1.165, 1.54) is 13.5 Å². The van der Waals surface area contributed by atoms with Gasteiger partial charge in [0.25, 0.3) is 0 Å². The van der Waals surface area contributed by atoms with Crippen molar-refractivity contribution in [2.45, 2.75) is 27.2 Å². The molecule has 0 spiro atoms. The first-order valence-electron chi connectivity index (χ1n) is 6.02. The van der Waals surface area contributed by atoms with Crippen molar-refractivity contribution in [2.75, 3.05) is 26.7 Å². The highest BCUT2D eigenvalue weighted by Gasteiger charge is 2.23. The second kappa shape index (κ2) is 6.04. The van der Waals surface area contributed by atoms with Crippen LogP contribution in [0, 0.1) is 11.8 Å². The lowest BCUT2D eigenvalue weighted by Crippen LogP contribution is -2.22. The minimum atomic E-state index is -0.223. The van der Waals surface area contributed by atoms with Gasteiger partial charge in [-0.25, -0.2) is 4.79 Å². The Kier molecular flexibility index (Phi) is 5.00. The van der Waals surface area contributed by atoms with Crippen LogP contribution in [-0.4, -0.2) is 37.6 Å². The first-order valence-corrected chi connectivity index (χ1v) is 6.02. The second-order valence-corrected chi connectivity index (χ2v) is 4.93. The maximum Gasteiger partial charge on any atom is 0.333 e. The molecule has 1 atom stereocenters. The second-order valence-electron chi connectivity index (χ2n) is 4.93. The zero-order valence-corrected chi connectivity index (χ0v) is 10.8. The number of rotatable bonds is 4. The molecule has 0 N–H and O–H groups in total. The molecule has 3 nitrogen and oxygen atoms in total. The van der Waals surface area contributed by atoms with Crippen molar-refractivity contribution in [3.8, 4) is 0 Å². The molecule has 92 valence electrons. The van der Waals surface area contributed by atoms with Crippen LogP contribution in [0.1, 0.15) is 27.2 Å². The van der Waals surface area contributed by atoms with Crippen molar-refractivity contribution >= 4 is 5.97 Å². The van der Waals surface area contributed by atoms with E-state index >= 15 is 0 Å².